The fraction of sp³-hybridized carbons (Fsp3) is 1.00. The molecule has 12 heavy (non-hydrogen) atoms. The molecule has 0 amide bonds. The lowest BCUT2D eigenvalue weighted by Gasteiger charge is -1.98. The van der Waals surface area contributed by atoms with Crippen molar-refractivity contribution in [1.82, 2.24) is 0 Å². The zero-order valence-electron chi connectivity index (χ0n) is 8.02. The maximum atomic E-state index is 7.57. The van der Waals surface area contributed by atoms with Crippen molar-refractivity contribution in [2.75, 3.05) is 6.61 Å². The number of alkyl halides is 2. The first-order chi connectivity index (χ1) is 5.68. The third kappa shape index (κ3) is 22.4. The molecule has 0 bridgehead atoms. The lowest BCUT2D eigenvalue weighted by atomic mass is 10.2. The molecule has 0 saturated heterocycles. The van der Waals surface area contributed by atoms with Crippen LogP contribution in [0.25, 0.3) is 0 Å². The molecule has 0 radical (unpaired) electrons. The van der Waals surface area contributed by atoms with E-state index in [1.807, 2.05) is 0 Å². The van der Waals surface area contributed by atoms with E-state index in [9.17, 15) is 0 Å². The fourth-order valence-corrected chi connectivity index (χ4v) is 1.03. The number of rotatable bonds is 5. The minimum absolute atomic E-state index is 0.151. The van der Waals surface area contributed by atoms with Crippen molar-refractivity contribution < 1.29 is 5.11 Å². The highest BCUT2D eigenvalue weighted by molar-refractivity contribution is 6.44. The van der Waals surface area contributed by atoms with Crippen LogP contribution in [0.3, 0.4) is 0 Å². The average molecular weight is 215 g/mol. The van der Waals surface area contributed by atoms with Crippen molar-refractivity contribution in [1.29, 1.82) is 0 Å². The molecule has 0 aromatic heterocycles. The summed E-state index contributed by atoms with van der Waals surface area (Å²) in [6.45, 7) is 4.12. The van der Waals surface area contributed by atoms with E-state index < -0.39 is 0 Å². The fourth-order valence-electron chi connectivity index (χ4n) is 0.725. The first-order valence-corrected chi connectivity index (χ1v) is 5.45. The van der Waals surface area contributed by atoms with Crippen LogP contribution < -0.4 is 0 Å². The van der Waals surface area contributed by atoms with E-state index in [2.05, 4.69) is 6.92 Å². The molecule has 1 nitrogen and oxygen atoms in total. The monoisotopic (exact) mass is 214 g/mol. The first kappa shape index (κ1) is 15.0. The number of unbranched alkanes of at least 4 members (excludes halogenated alkanes) is 3. The van der Waals surface area contributed by atoms with Gasteiger partial charge in [-0.15, -0.1) is 23.2 Å². The zero-order chi connectivity index (χ0) is 9.82. The van der Waals surface area contributed by atoms with E-state index in [0.717, 1.165) is 6.42 Å². The molecule has 0 unspecified atom stereocenters. The molecule has 76 valence electrons. The van der Waals surface area contributed by atoms with Gasteiger partial charge in [0.15, 0.2) is 0 Å². The SMILES string of the molecule is CCCCCCC(Cl)Cl.CCO. The summed E-state index contributed by atoms with van der Waals surface area (Å²) in [6.07, 6.45) is 5.97. The molecular weight excluding hydrogens is 195 g/mol. The van der Waals surface area contributed by atoms with Gasteiger partial charge in [0.2, 0.25) is 0 Å². The van der Waals surface area contributed by atoms with Crippen LogP contribution in [0.15, 0.2) is 0 Å². The number of hydrogen-bond donors (Lipinski definition) is 1. The minimum Gasteiger partial charge on any atom is -0.397 e. The van der Waals surface area contributed by atoms with Crippen LogP contribution in [0.1, 0.15) is 46.0 Å². The lowest BCUT2D eigenvalue weighted by molar-refractivity contribution is 0.318. The van der Waals surface area contributed by atoms with Crippen LogP contribution in [-0.2, 0) is 0 Å². The van der Waals surface area contributed by atoms with Crippen LogP contribution in [0, 0.1) is 0 Å². The molecule has 1 N–H and O–H groups in total. The Morgan fingerprint density at radius 3 is 1.92 bits per heavy atom. The summed E-state index contributed by atoms with van der Waals surface area (Å²) >= 11 is 11.0. The number of aliphatic hydroxyl groups is 1. The van der Waals surface area contributed by atoms with Gasteiger partial charge in [0, 0.05) is 6.61 Å². The van der Waals surface area contributed by atoms with Crippen molar-refractivity contribution in [2.24, 2.45) is 0 Å². The summed E-state index contributed by atoms with van der Waals surface area (Å²) in [5, 5.41) is 7.57. The van der Waals surface area contributed by atoms with Gasteiger partial charge in [-0.3, -0.25) is 0 Å². The topological polar surface area (TPSA) is 20.2 Å². The van der Waals surface area contributed by atoms with E-state index >= 15 is 0 Å². The van der Waals surface area contributed by atoms with E-state index in [-0.39, 0.29) is 11.4 Å². The Balaban J connectivity index is 0. The third-order valence-electron chi connectivity index (χ3n) is 1.28. The van der Waals surface area contributed by atoms with Crippen molar-refractivity contribution in [3.05, 3.63) is 0 Å². The van der Waals surface area contributed by atoms with Crippen LogP contribution in [-0.4, -0.2) is 16.5 Å². The predicted octanol–water partition coefficient (Wildman–Crippen LogP) is 3.76. The molecule has 0 aliphatic rings. The van der Waals surface area contributed by atoms with Gasteiger partial charge in [0.25, 0.3) is 0 Å². The zero-order valence-corrected chi connectivity index (χ0v) is 9.53. The first-order valence-electron chi connectivity index (χ1n) is 4.58. The lowest BCUT2D eigenvalue weighted by Crippen LogP contribution is -1.85. The summed E-state index contributed by atoms with van der Waals surface area (Å²) in [5.41, 5.74) is 0. The molecule has 0 atom stereocenters. The Hall–Kier alpha value is 0.540. The van der Waals surface area contributed by atoms with Crippen molar-refractivity contribution in [3.8, 4) is 0 Å². The Labute approximate surface area is 86.1 Å². The molecule has 0 rings (SSSR count). The summed E-state index contributed by atoms with van der Waals surface area (Å²) < 4.78 is 0. The molecule has 0 fully saturated rings. The summed E-state index contributed by atoms with van der Waals surface area (Å²) in [4.78, 5) is -0.151. The summed E-state index contributed by atoms with van der Waals surface area (Å²) in [5.74, 6) is 0. The molecule has 0 saturated carbocycles. The largest absolute Gasteiger partial charge is 0.397 e. The van der Waals surface area contributed by atoms with Gasteiger partial charge < -0.3 is 5.11 Å². The van der Waals surface area contributed by atoms with E-state index in [0.29, 0.717) is 0 Å². The van der Waals surface area contributed by atoms with Gasteiger partial charge in [0.1, 0.15) is 4.84 Å². The summed E-state index contributed by atoms with van der Waals surface area (Å²) in [6, 6.07) is 0. The maximum Gasteiger partial charge on any atom is 0.107 e. The van der Waals surface area contributed by atoms with Crippen molar-refractivity contribution >= 4 is 23.2 Å². The second-order valence-electron chi connectivity index (χ2n) is 2.56. The van der Waals surface area contributed by atoms with Gasteiger partial charge in [-0.05, 0) is 13.3 Å². The highest BCUT2D eigenvalue weighted by Crippen LogP contribution is 2.12. The quantitative estimate of drug-likeness (QED) is 0.546. The van der Waals surface area contributed by atoms with Crippen molar-refractivity contribution in [2.45, 2.75) is 50.8 Å². The predicted molar refractivity (Wildman–Crippen MR) is 57.0 cm³/mol. The molecule has 0 aromatic rings. The molecular formula is C9H20Cl2O. The van der Waals surface area contributed by atoms with Gasteiger partial charge in [-0.1, -0.05) is 32.6 Å². The Morgan fingerprint density at radius 2 is 1.58 bits per heavy atom. The second-order valence-corrected chi connectivity index (χ2v) is 3.83. The maximum absolute atomic E-state index is 7.57. The third-order valence-corrected chi connectivity index (χ3v) is 1.71. The van der Waals surface area contributed by atoms with Gasteiger partial charge in [-0.2, -0.15) is 0 Å². The molecule has 0 aliphatic heterocycles. The van der Waals surface area contributed by atoms with Crippen LogP contribution in [0.2, 0.25) is 0 Å². The average Bonchev–Trinajstić information content (AvgIpc) is 1.99. The minimum atomic E-state index is -0.151. The number of hydrogen-bond acceptors (Lipinski definition) is 1. The Morgan fingerprint density at radius 1 is 1.08 bits per heavy atom. The van der Waals surface area contributed by atoms with E-state index in [1.165, 1.54) is 25.7 Å². The molecule has 0 aliphatic carbocycles. The Bertz CT molecular complexity index is 67.5. The second kappa shape index (κ2) is 14.1. The highest BCUT2D eigenvalue weighted by Gasteiger charge is 1.96. The highest BCUT2D eigenvalue weighted by atomic mass is 35.5. The Kier molecular flexibility index (Phi) is 17.6. The molecule has 0 heterocycles. The van der Waals surface area contributed by atoms with Crippen LogP contribution >= 0.6 is 23.2 Å². The van der Waals surface area contributed by atoms with E-state index in [4.69, 9.17) is 28.3 Å². The normalized spacial score (nSPS) is 9.50. The van der Waals surface area contributed by atoms with Gasteiger partial charge >= 0.3 is 0 Å². The van der Waals surface area contributed by atoms with Crippen molar-refractivity contribution in [3.63, 3.8) is 0 Å². The standard InChI is InChI=1S/C7H14Cl2.C2H6O/c1-2-3-4-5-6-7(8)9;1-2-3/h7H,2-6H2,1H3;3H,2H2,1H3. The molecule has 3 heteroatoms. The smallest absolute Gasteiger partial charge is 0.107 e. The molecule has 0 aromatic carbocycles. The van der Waals surface area contributed by atoms with Gasteiger partial charge in [0.05, 0.1) is 0 Å². The molecule has 0 spiro atoms. The van der Waals surface area contributed by atoms with Gasteiger partial charge in [-0.25, -0.2) is 0 Å². The number of halogens is 2. The van der Waals surface area contributed by atoms with Crippen LogP contribution in [0.4, 0.5) is 0 Å². The van der Waals surface area contributed by atoms with E-state index in [1.54, 1.807) is 6.92 Å². The van der Waals surface area contributed by atoms with Crippen LogP contribution in [0.5, 0.6) is 0 Å². The number of aliphatic hydroxyl groups excluding tert-OH is 1. The summed E-state index contributed by atoms with van der Waals surface area (Å²) in [7, 11) is 0.